The summed E-state index contributed by atoms with van der Waals surface area (Å²) in [5, 5.41) is 0.676. The number of nitrogens with one attached hydrogen (secondary N) is 1. The highest BCUT2D eigenvalue weighted by atomic mass is 79.9. The molecule has 0 saturated heterocycles. The van der Waals surface area contributed by atoms with Gasteiger partial charge < -0.3 is 10.2 Å². The summed E-state index contributed by atoms with van der Waals surface area (Å²) in [5.41, 5.74) is 4.75. The van der Waals surface area contributed by atoms with Crippen LogP contribution in [0.15, 0.2) is 18.2 Å². The van der Waals surface area contributed by atoms with Crippen LogP contribution >= 0.6 is 15.9 Å². The van der Waals surface area contributed by atoms with E-state index in [0.717, 1.165) is 11.3 Å². The Bertz CT molecular complexity index is 355. The average molecular weight is 273 g/mol. The van der Waals surface area contributed by atoms with Crippen molar-refractivity contribution in [3.05, 3.63) is 29.3 Å². The number of ether oxygens (including phenoxy) is 1. The second kappa shape index (κ2) is 5.72. The van der Waals surface area contributed by atoms with Crippen LogP contribution in [0.2, 0.25) is 0 Å². The molecule has 1 rings (SSSR count). The summed E-state index contributed by atoms with van der Waals surface area (Å²) in [6.07, 6.45) is 0. The van der Waals surface area contributed by atoms with Crippen molar-refractivity contribution in [3.63, 3.8) is 0 Å². The number of esters is 1. The van der Waals surface area contributed by atoms with Gasteiger partial charge in [-0.15, -0.1) is 0 Å². The van der Waals surface area contributed by atoms with E-state index in [-0.39, 0.29) is 5.97 Å². The minimum atomic E-state index is -0.338. The minimum absolute atomic E-state index is 0.338. The summed E-state index contributed by atoms with van der Waals surface area (Å²) in [6, 6.07) is 5.22. The van der Waals surface area contributed by atoms with E-state index < -0.39 is 0 Å². The van der Waals surface area contributed by atoms with Crippen LogP contribution in [0, 0.1) is 0 Å². The third-order valence-electron chi connectivity index (χ3n) is 1.92. The number of hydrogen-bond donors (Lipinski definition) is 2. The number of halogens is 1. The summed E-state index contributed by atoms with van der Waals surface area (Å²) in [5.74, 6) is 5.01. The summed E-state index contributed by atoms with van der Waals surface area (Å²) < 4.78 is 4.88. The second-order valence-corrected chi connectivity index (χ2v) is 3.43. The largest absolute Gasteiger partial charge is 0.462 e. The average Bonchev–Trinajstić information content (AvgIpc) is 2.28. The van der Waals surface area contributed by atoms with Gasteiger partial charge in [-0.25, -0.2) is 4.79 Å². The topological polar surface area (TPSA) is 64.3 Å². The summed E-state index contributed by atoms with van der Waals surface area (Å²) >= 11 is 3.33. The molecule has 0 radical (unpaired) electrons. The molecule has 0 aliphatic rings. The third-order valence-corrected chi connectivity index (χ3v) is 2.52. The fraction of sp³-hybridized carbons (Fsp3) is 0.300. The lowest BCUT2D eigenvalue weighted by Crippen LogP contribution is -2.11. The van der Waals surface area contributed by atoms with Gasteiger partial charge in [-0.2, -0.15) is 0 Å². The van der Waals surface area contributed by atoms with Gasteiger partial charge in [0.2, 0.25) is 0 Å². The number of benzene rings is 1. The molecule has 0 aliphatic carbocycles. The van der Waals surface area contributed by atoms with E-state index in [1.165, 1.54) is 0 Å². The molecule has 1 aromatic rings. The summed E-state index contributed by atoms with van der Waals surface area (Å²) in [4.78, 5) is 11.4. The van der Waals surface area contributed by atoms with Crippen LogP contribution < -0.4 is 11.3 Å². The van der Waals surface area contributed by atoms with Gasteiger partial charge in [-0.05, 0) is 24.6 Å². The molecule has 0 unspecified atom stereocenters. The lowest BCUT2D eigenvalue weighted by molar-refractivity contribution is 0.0526. The number of hydrogen-bond acceptors (Lipinski definition) is 4. The van der Waals surface area contributed by atoms with Crippen LogP contribution in [-0.2, 0) is 10.1 Å². The Labute approximate surface area is 96.9 Å². The van der Waals surface area contributed by atoms with E-state index in [1.807, 2.05) is 6.07 Å². The molecule has 0 bridgehead atoms. The molecule has 82 valence electrons. The summed E-state index contributed by atoms with van der Waals surface area (Å²) in [7, 11) is 0. The molecule has 0 spiro atoms. The normalized spacial score (nSPS) is 9.80. The molecule has 0 aromatic heterocycles. The van der Waals surface area contributed by atoms with Crippen molar-refractivity contribution in [2.24, 2.45) is 5.84 Å². The monoisotopic (exact) mass is 272 g/mol. The Kier molecular flexibility index (Phi) is 4.58. The Morgan fingerprint density at radius 3 is 2.87 bits per heavy atom. The second-order valence-electron chi connectivity index (χ2n) is 2.87. The number of hydrazine groups is 1. The van der Waals surface area contributed by atoms with Crippen LogP contribution in [0.4, 0.5) is 5.69 Å². The molecule has 0 aliphatic heterocycles. The van der Waals surface area contributed by atoms with Gasteiger partial charge in [0.05, 0.1) is 17.9 Å². The van der Waals surface area contributed by atoms with Gasteiger partial charge in [0.25, 0.3) is 0 Å². The smallest absolute Gasteiger partial charge is 0.338 e. The van der Waals surface area contributed by atoms with Crippen molar-refractivity contribution in [1.29, 1.82) is 0 Å². The first kappa shape index (κ1) is 12.0. The maximum Gasteiger partial charge on any atom is 0.338 e. The number of carbonyl (C=O) groups excluding carboxylic acids is 1. The van der Waals surface area contributed by atoms with E-state index in [9.17, 15) is 4.79 Å². The van der Waals surface area contributed by atoms with E-state index in [1.54, 1.807) is 19.1 Å². The number of rotatable bonds is 4. The van der Waals surface area contributed by atoms with Crippen molar-refractivity contribution in [2.45, 2.75) is 12.3 Å². The Morgan fingerprint density at radius 2 is 2.33 bits per heavy atom. The molecule has 0 heterocycles. The van der Waals surface area contributed by atoms with Gasteiger partial charge >= 0.3 is 5.97 Å². The van der Waals surface area contributed by atoms with Gasteiger partial charge in [0.15, 0.2) is 0 Å². The summed E-state index contributed by atoms with van der Waals surface area (Å²) in [6.45, 7) is 2.14. The maximum absolute atomic E-state index is 11.4. The highest BCUT2D eigenvalue weighted by molar-refractivity contribution is 9.08. The zero-order chi connectivity index (χ0) is 11.3. The highest BCUT2D eigenvalue weighted by Crippen LogP contribution is 2.19. The first-order valence-corrected chi connectivity index (χ1v) is 5.67. The van der Waals surface area contributed by atoms with Crippen molar-refractivity contribution >= 4 is 27.6 Å². The minimum Gasteiger partial charge on any atom is -0.462 e. The van der Waals surface area contributed by atoms with E-state index >= 15 is 0 Å². The van der Waals surface area contributed by atoms with Crippen molar-refractivity contribution in [3.8, 4) is 0 Å². The van der Waals surface area contributed by atoms with Crippen LogP contribution in [0.1, 0.15) is 22.8 Å². The van der Waals surface area contributed by atoms with Crippen LogP contribution in [0.25, 0.3) is 0 Å². The Hall–Kier alpha value is -1.07. The lowest BCUT2D eigenvalue weighted by Gasteiger charge is -2.08. The third kappa shape index (κ3) is 2.94. The molecule has 15 heavy (non-hydrogen) atoms. The molecule has 0 amide bonds. The standard InChI is InChI=1S/C10H13BrN2O2/c1-2-15-10(14)7-3-4-8(6-11)9(5-7)13-12/h3-5,13H,2,6,12H2,1H3. The number of alkyl halides is 1. The first-order valence-electron chi connectivity index (χ1n) is 4.55. The van der Waals surface area contributed by atoms with Crippen molar-refractivity contribution in [1.82, 2.24) is 0 Å². The van der Waals surface area contributed by atoms with Gasteiger partial charge in [0, 0.05) is 5.33 Å². The fourth-order valence-corrected chi connectivity index (χ4v) is 1.66. The highest BCUT2D eigenvalue weighted by Gasteiger charge is 2.09. The molecule has 3 N–H and O–H groups in total. The quantitative estimate of drug-likeness (QED) is 0.381. The number of nitrogens with two attached hydrogens (primary N) is 1. The molecule has 0 saturated carbocycles. The van der Waals surface area contributed by atoms with E-state index in [2.05, 4.69) is 21.4 Å². The van der Waals surface area contributed by atoms with Crippen LogP contribution in [-0.4, -0.2) is 12.6 Å². The molecule has 1 aromatic carbocycles. The molecular formula is C10H13BrN2O2. The first-order chi connectivity index (χ1) is 7.22. The van der Waals surface area contributed by atoms with E-state index in [0.29, 0.717) is 17.5 Å². The maximum atomic E-state index is 11.4. The Morgan fingerprint density at radius 1 is 1.60 bits per heavy atom. The van der Waals surface area contributed by atoms with Crippen molar-refractivity contribution < 1.29 is 9.53 Å². The van der Waals surface area contributed by atoms with Crippen LogP contribution in [0.3, 0.4) is 0 Å². The predicted octanol–water partition coefficient (Wildman–Crippen LogP) is 2.04. The molecule has 0 atom stereocenters. The van der Waals surface area contributed by atoms with Gasteiger partial charge in [0.1, 0.15) is 0 Å². The zero-order valence-corrected chi connectivity index (χ0v) is 10.0. The lowest BCUT2D eigenvalue weighted by atomic mass is 10.1. The Balaban J connectivity index is 2.97. The molecule has 4 nitrogen and oxygen atoms in total. The van der Waals surface area contributed by atoms with Crippen LogP contribution in [0.5, 0.6) is 0 Å². The fourth-order valence-electron chi connectivity index (χ4n) is 1.17. The SMILES string of the molecule is CCOC(=O)c1ccc(CBr)c(NN)c1. The van der Waals surface area contributed by atoms with E-state index in [4.69, 9.17) is 10.6 Å². The number of nitrogen functional groups attached to an aromatic ring is 1. The molecule has 0 fully saturated rings. The predicted molar refractivity (Wildman–Crippen MR) is 62.8 cm³/mol. The number of anilines is 1. The molecule has 5 heteroatoms. The molecular weight excluding hydrogens is 260 g/mol. The van der Waals surface area contributed by atoms with Crippen molar-refractivity contribution in [2.75, 3.05) is 12.0 Å². The van der Waals surface area contributed by atoms with Gasteiger partial charge in [-0.3, -0.25) is 5.84 Å². The van der Waals surface area contributed by atoms with Gasteiger partial charge in [-0.1, -0.05) is 22.0 Å². The number of carbonyl (C=O) groups is 1. The zero-order valence-electron chi connectivity index (χ0n) is 8.42.